The smallest absolute Gasteiger partial charge is 0.173 e. The monoisotopic (exact) mass is 285 g/mol. The van der Waals surface area contributed by atoms with E-state index >= 15 is 0 Å². The Labute approximate surface area is 123 Å². The molecule has 2 heterocycles. The van der Waals surface area contributed by atoms with Crippen LogP contribution in [0.15, 0.2) is 35.5 Å². The van der Waals surface area contributed by atoms with E-state index in [1.807, 2.05) is 50.1 Å². The molecule has 0 unspecified atom stereocenters. The van der Waals surface area contributed by atoms with Crippen LogP contribution in [0.3, 0.4) is 0 Å². The molecular formula is C15H19N5O. The Bertz CT molecular complexity index is 669. The van der Waals surface area contributed by atoms with Crippen molar-refractivity contribution in [2.75, 3.05) is 11.9 Å². The Kier molecular flexibility index (Phi) is 4.37. The molecule has 2 aromatic heterocycles. The van der Waals surface area contributed by atoms with Gasteiger partial charge in [-0.3, -0.25) is 4.98 Å². The van der Waals surface area contributed by atoms with Gasteiger partial charge in [0, 0.05) is 18.4 Å². The zero-order valence-corrected chi connectivity index (χ0v) is 12.4. The van der Waals surface area contributed by atoms with Crippen molar-refractivity contribution in [2.45, 2.75) is 20.4 Å². The first-order chi connectivity index (χ1) is 10.0. The van der Waals surface area contributed by atoms with E-state index in [-0.39, 0.29) is 5.84 Å². The molecule has 0 aliphatic carbocycles. The highest BCUT2D eigenvalue weighted by Crippen LogP contribution is 2.19. The number of aromatic nitrogens is 2. The highest BCUT2D eigenvalue weighted by atomic mass is 16.4. The highest BCUT2D eigenvalue weighted by molar-refractivity contribution is 6.01. The van der Waals surface area contributed by atoms with Crippen LogP contribution >= 0.6 is 0 Å². The van der Waals surface area contributed by atoms with E-state index < -0.39 is 0 Å². The molecule has 0 fully saturated rings. The number of nitrogens with two attached hydrogens (primary N) is 1. The maximum atomic E-state index is 8.89. The fourth-order valence-electron chi connectivity index (χ4n) is 2.09. The number of aryl methyl sites for hydroxylation is 2. The highest BCUT2D eigenvalue weighted by Gasteiger charge is 2.14. The summed E-state index contributed by atoms with van der Waals surface area (Å²) < 4.78 is 0. The first kappa shape index (κ1) is 14.8. The molecule has 0 bridgehead atoms. The second kappa shape index (κ2) is 6.21. The van der Waals surface area contributed by atoms with Crippen LogP contribution in [0.25, 0.3) is 0 Å². The molecule has 110 valence electrons. The van der Waals surface area contributed by atoms with Gasteiger partial charge in [-0.2, -0.15) is 0 Å². The molecule has 21 heavy (non-hydrogen) atoms. The molecule has 6 nitrogen and oxygen atoms in total. The molecule has 0 spiro atoms. The summed E-state index contributed by atoms with van der Waals surface area (Å²) in [6.45, 7) is 4.44. The Morgan fingerprint density at radius 2 is 1.90 bits per heavy atom. The van der Waals surface area contributed by atoms with Crippen molar-refractivity contribution in [2.24, 2.45) is 10.9 Å². The second-order valence-corrected chi connectivity index (χ2v) is 4.94. The summed E-state index contributed by atoms with van der Waals surface area (Å²) in [7, 11) is 1.90. The zero-order valence-electron chi connectivity index (χ0n) is 12.4. The van der Waals surface area contributed by atoms with Crippen molar-refractivity contribution in [3.05, 3.63) is 53.0 Å². The van der Waals surface area contributed by atoms with Crippen LogP contribution in [-0.2, 0) is 6.54 Å². The number of oxime groups is 1. The third-order valence-electron chi connectivity index (χ3n) is 3.10. The third-order valence-corrected chi connectivity index (χ3v) is 3.10. The maximum absolute atomic E-state index is 8.89. The zero-order chi connectivity index (χ0) is 15.4. The lowest BCUT2D eigenvalue weighted by Crippen LogP contribution is -2.24. The molecular weight excluding hydrogens is 266 g/mol. The fraction of sp³-hybridized carbons (Fsp3) is 0.267. The number of amidine groups is 1. The molecule has 0 amide bonds. The molecule has 0 aliphatic heterocycles. The minimum atomic E-state index is 0.0431. The molecule has 6 heteroatoms. The van der Waals surface area contributed by atoms with Crippen molar-refractivity contribution in [1.29, 1.82) is 0 Å². The third kappa shape index (κ3) is 3.47. The van der Waals surface area contributed by atoms with E-state index in [1.54, 1.807) is 6.07 Å². The number of nitrogens with zero attached hydrogens (tertiary/aromatic N) is 4. The lowest BCUT2D eigenvalue weighted by atomic mass is 10.2. The lowest BCUT2D eigenvalue weighted by Gasteiger charge is -2.21. The van der Waals surface area contributed by atoms with Crippen LogP contribution in [0.2, 0.25) is 0 Å². The second-order valence-electron chi connectivity index (χ2n) is 4.94. The van der Waals surface area contributed by atoms with Crippen LogP contribution < -0.4 is 10.6 Å². The summed E-state index contributed by atoms with van der Waals surface area (Å²) in [5, 5.41) is 12.0. The summed E-state index contributed by atoms with van der Waals surface area (Å²) >= 11 is 0. The number of hydrogen-bond donors (Lipinski definition) is 2. The number of rotatable bonds is 4. The van der Waals surface area contributed by atoms with Gasteiger partial charge in [-0.05, 0) is 38.1 Å². The SMILES string of the molecule is Cc1cccc(CN(C)c2nc(C)ccc2/C(N)=N/O)n1. The van der Waals surface area contributed by atoms with Gasteiger partial charge >= 0.3 is 0 Å². The lowest BCUT2D eigenvalue weighted by molar-refractivity contribution is 0.318. The van der Waals surface area contributed by atoms with Gasteiger partial charge in [0.25, 0.3) is 0 Å². The van der Waals surface area contributed by atoms with E-state index in [9.17, 15) is 0 Å². The Hall–Kier alpha value is -2.63. The molecule has 0 aliphatic rings. The van der Waals surface area contributed by atoms with Crippen molar-refractivity contribution in [3.8, 4) is 0 Å². The molecule has 0 saturated heterocycles. The van der Waals surface area contributed by atoms with Crippen LogP contribution in [-0.4, -0.2) is 28.1 Å². The Morgan fingerprint density at radius 3 is 2.57 bits per heavy atom. The van der Waals surface area contributed by atoms with Gasteiger partial charge in [0.1, 0.15) is 5.82 Å². The van der Waals surface area contributed by atoms with Crippen molar-refractivity contribution in [1.82, 2.24) is 9.97 Å². The first-order valence-corrected chi connectivity index (χ1v) is 6.60. The van der Waals surface area contributed by atoms with Crippen molar-refractivity contribution in [3.63, 3.8) is 0 Å². The summed E-state index contributed by atoms with van der Waals surface area (Å²) in [5.74, 6) is 0.704. The predicted octanol–water partition coefficient (Wildman–Crippen LogP) is 1.82. The molecule has 0 saturated carbocycles. The van der Waals surface area contributed by atoms with Crippen molar-refractivity contribution >= 4 is 11.7 Å². The van der Waals surface area contributed by atoms with E-state index in [0.29, 0.717) is 17.9 Å². The number of hydrogen-bond acceptors (Lipinski definition) is 5. The van der Waals surface area contributed by atoms with Crippen LogP contribution in [0.5, 0.6) is 0 Å². The number of anilines is 1. The Morgan fingerprint density at radius 1 is 1.19 bits per heavy atom. The van der Waals surface area contributed by atoms with Crippen molar-refractivity contribution < 1.29 is 5.21 Å². The van der Waals surface area contributed by atoms with Gasteiger partial charge < -0.3 is 15.8 Å². The number of pyridine rings is 2. The van der Waals surface area contributed by atoms with E-state index in [0.717, 1.165) is 17.1 Å². The van der Waals surface area contributed by atoms with Gasteiger partial charge in [-0.15, -0.1) is 0 Å². The molecule has 0 aromatic carbocycles. The predicted molar refractivity (Wildman–Crippen MR) is 82.6 cm³/mol. The average molecular weight is 285 g/mol. The van der Waals surface area contributed by atoms with E-state index in [2.05, 4.69) is 15.1 Å². The molecule has 2 rings (SSSR count). The Balaban J connectivity index is 2.34. The topological polar surface area (TPSA) is 87.6 Å². The molecule has 0 radical (unpaired) electrons. The largest absolute Gasteiger partial charge is 0.409 e. The molecule has 3 N–H and O–H groups in total. The summed E-state index contributed by atoms with van der Waals surface area (Å²) in [5.41, 5.74) is 9.08. The first-order valence-electron chi connectivity index (χ1n) is 6.60. The maximum Gasteiger partial charge on any atom is 0.173 e. The van der Waals surface area contributed by atoms with Crippen LogP contribution in [0.1, 0.15) is 22.6 Å². The standard InChI is InChI=1S/C15H19N5O/c1-10-5-4-6-12(17-10)9-20(3)15-13(14(16)19-21)8-7-11(2)18-15/h4-8,21H,9H2,1-3H3,(H2,16,19). The fourth-order valence-corrected chi connectivity index (χ4v) is 2.09. The minimum absolute atomic E-state index is 0.0431. The minimum Gasteiger partial charge on any atom is -0.409 e. The quantitative estimate of drug-likeness (QED) is 0.387. The van der Waals surface area contributed by atoms with Gasteiger partial charge in [0.15, 0.2) is 5.84 Å². The van der Waals surface area contributed by atoms with Crippen LogP contribution in [0, 0.1) is 13.8 Å². The summed E-state index contributed by atoms with van der Waals surface area (Å²) in [4.78, 5) is 10.9. The summed E-state index contributed by atoms with van der Waals surface area (Å²) in [6, 6.07) is 9.51. The van der Waals surface area contributed by atoms with Gasteiger partial charge in [0.05, 0.1) is 17.8 Å². The van der Waals surface area contributed by atoms with Gasteiger partial charge in [0.2, 0.25) is 0 Å². The molecule has 0 atom stereocenters. The van der Waals surface area contributed by atoms with Crippen LogP contribution in [0.4, 0.5) is 5.82 Å². The normalized spacial score (nSPS) is 11.5. The van der Waals surface area contributed by atoms with Gasteiger partial charge in [-0.1, -0.05) is 11.2 Å². The van der Waals surface area contributed by atoms with E-state index in [1.165, 1.54) is 0 Å². The van der Waals surface area contributed by atoms with Gasteiger partial charge in [-0.25, -0.2) is 4.98 Å². The average Bonchev–Trinajstić information content (AvgIpc) is 2.46. The van der Waals surface area contributed by atoms with E-state index in [4.69, 9.17) is 10.9 Å². The summed E-state index contributed by atoms with van der Waals surface area (Å²) in [6.07, 6.45) is 0. The molecule has 2 aromatic rings.